The lowest BCUT2D eigenvalue weighted by atomic mass is 10.0. The summed E-state index contributed by atoms with van der Waals surface area (Å²) >= 11 is 0. The monoisotopic (exact) mass is 465 g/mol. The molecule has 0 saturated heterocycles. The van der Waals surface area contributed by atoms with E-state index in [2.05, 4.69) is 18.2 Å². The molecule has 0 N–H and O–H groups in total. The molecule has 1 heterocycles. The summed E-state index contributed by atoms with van der Waals surface area (Å²) in [6.07, 6.45) is 19.1. The van der Waals surface area contributed by atoms with E-state index in [9.17, 15) is 4.79 Å². The average molecular weight is 466 g/mol. The van der Waals surface area contributed by atoms with Gasteiger partial charge in [-0.05, 0) is 31.9 Å². The first kappa shape index (κ1) is 28.4. The Morgan fingerprint density at radius 2 is 1.38 bits per heavy atom. The third kappa shape index (κ3) is 10.8. The van der Waals surface area contributed by atoms with E-state index in [1.807, 2.05) is 29.8 Å². The zero-order chi connectivity index (χ0) is 22.2. The Labute approximate surface area is 201 Å². The van der Waals surface area contributed by atoms with Crippen molar-refractivity contribution in [2.45, 2.75) is 117 Å². The van der Waals surface area contributed by atoms with Gasteiger partial charge in [-0.2, -0.15) is 0 Å². The molecule has 0 spiro atoms. The molecule has 0 unspecified atom stereocenters. The van der Waals surface area contributed by atoms with Gasteiger partial charge in [0.25, 0.3) is 0 Å². The van der Waals surface area contributed by atoms with E-state index in [1.54, 1.807) is 4.68 Å². The first-order valence-corrected chi connectivity index (χ1v) is 12.8. The minimum atomic E-state index is -0.237. The van der Waals surface area contributed by atoms with Crippen molar-refractivity contribution in [1.29, 1.82) is 0 Å². The molecule has 0 saturated carbocycles. The van der Waals surface area contributed by atoms with Gasteiger partial charge in [0.2, 0.25) is 6.54 Å². The van der Waals surface area contributed by atoms with E-state index >= 15 is 0 Å². The summed E-state index contributed by atoms with van der Waals surface area (Å²) < 4.78 is 8.88. The quantitative estimate of drug-likeness (QED) is 0.192. The van der Waals surface area contributed by atoms with Crippen molar-refractivity contribution in [3.63, 3.8) is 0 Å². The number of carbonyl (C=O) groups is 1. The molecule has 0 amide bonds. The van der Waals surface area contributed by atoms with Gasteiger partial charge in [0.1, 0.15) is 6.54 Å². The number of rotatable bonds is 18. The molecule has 0 bridgehead atoms. The maximum atomic E-state index is 11.9. The van der Waals surface area contributed by atoms with Crippen molar-refractivity contribution < 1.29 is 26.6 Å². The average Bonchev–Trinajstić information content (AvgIpc) is 3.11. The number of unbranched alkanes of at least 4 members (excludes halogenated alkanes) is 13. The van der Waals surface area contributed by atoms with Gasteiger partial charge in [0, 0.05) is 0 Å². The fourth-order valence-electron chi connectivity index (χ4n) is 4.19. The van der Waals surface area contributed by atoms with Crippen LogP contribution in [0.3, 0.4) is 0 Å². The summed E-state index contributed by atoms with van der Waals surface area (Å²) in [5.74, 6) is -0.237. The molecule has 0 fully saturated rings. The summed E-state index contributed by atoms with van der Waals surface area (Å²) in [4.78, 5) is 11.9. The second-order valence-electron chi connectivity index (χ2n) is 8.66. The van der Waals surface area contributed by atoms with E-state index < -0.39 is 0 Å². The van der Waals surface area contributed by atoms with E-state index in [-0.39, 0.29) is 24.9 Å². The normalized spacial score (nSPS) is 10.9. The Morgan fingerprint density at radius 3 is 1.94 bits per heavy atom. The first-order valence-electron chi connectivity index (χ1n) is 12.8. The molecule has 5 nitrogen and oxygen atoms in total. The van der Waals surface area contributed by atoms with Crippen LogP contribution >= 0.6 is 0 Å². The molecule has 1 aromatic heterocycles. The van der Waals surface area contributed by atoms with Crippen molar-refractivity contribution in [2.75, 3.05) is 6.61 Å². The maximum absolute atomic E-state index is 11.9. The lowest BCUT2D eigenvalue weighted by Gasteiger charge is -2.03. The second-order valence-corrected chi connectivity index (χ2v) is 8.66. The lowest BCUT2D eigenvalue weighted by Crippen LogP contribution is -3.00. The number of hydrogen-bond acceptors (Lipinski definition) is 3. The van der Waals surface area contributed by atoms with Crippen LogP contribution in [0.1, 0.15) is 104 Å². The highest BCUT2D eigenvalue weighted by Gasteiger charge is 2.20. The minimum absolute atomic E-state index is 0. The molecule has 0 aliphatic heterocycles. The van der Waals surface area contributed by atoms with Crippen LogP contribution in [0.5, 0.6) is 0 Å². The highest BCUT2D eigenvalue weighted by molar-refractivity contribution is 5.72. The smallest absolute Gasteiger partial charge is 0.350 e. The third-order valence-corrected chi connectivity index (χ3v) is 5.96. The molecule has 1 aromatic carbocycles. The number of ether oxygens (including phenoxy) is 1. The zero-order valence-corrected chi connectivity index (χ0v) is 21.1. The molecular weight excluding hydrogens is 422 g/mol. The highest BCUT2D eigenvalue weighted by atomic mass is 35.5. The van der Waals surface area contributed by atoms with Gasteiger partial charge in [0.05, 0.1) is 11.8 Å². The van der Waals surface area contributed by atoms with Gasteiger partial charge < -0.3 is 17.1 Å². The molecule has 182 valence electrons. The maximum Gasteiger partial charge on any atom is 0.350 e. The molecule has 2 rings (SSSR count). The van der Waals surface area contributed by atoms with Crippen LogP contribution in [0.25, 0.3) is 11.0 Å². The Balaban J connectivity index is 0.00000512. The molecule has 32 heavy (non-hydrogen) atoms. The van der Waals surface area contributed by atoms with Crippen molar-refractivity contribution >= 4 is 17.0 Å². The second kappa shape index (κ2) is 17.9. The summed E-state index contributed by atoms with van der Waals surface area (Å²) in [6.45, 7) is 5.57. The zero-order valence-electron chi connectivity index (χ0n) is 20.4. The van der Waals surface area contributed by atoms with Gasteiger partial charge in [0.15, 0.2) is 11.0 Å². The summed E-state index contributed by atoms with van der Waals surface area (Å²) in [5.41, 5.74) is 2.07. The van der Waals surface area contributed by atoms with Gasteiger partial charge in [-0.15, -0.1) is 9.36 Å². The van der Waals surface area contributed by atoms with Gasteiger partial charge in [-0.3, -0.25) is 0 Å². The fourth-order valence-corrected chi connectivity index (χ4v) is 4.19. The topological polar surface area (TPSA) is 48.0 Å². The number of nitrogens with zero attached hydrogens (tertiary/aromatic N) is 3. The van der Waals surface area contributed by atoms with Crippen LogP contribution in [0.2, 0.25) is 0 Å². The number of hydrogen-bond donors (Lipinski definition) is 0. The Morgan fingerprint density at radius 1 is 0.844 bits per heavy atom. The number of para-hydroxylation sites is 2. The largest absolute Gasteiger partial charge is 1.00 e. The standard InChI is InChI=1S/C26H44N3O2.ClH/c1-3-5-6-7-8-9-10-11-12-13-14-15-16-19-22-28-24-20-17-18-21-25(24)29(27-28)23-26(30)31-4-2;/h17-18,20-21H,3-16,19,22-23H2,1-2H3;1H/q+1;/p-1. The third-order valence-electron chi connectivity index (χ3n) is 5.96. The summed E-state index contributed by atoms with van der Waals surface area (Å²) in [5, 5.41) is 4.64. The van der Waals surface area contributed by atoms with Crippen LogP contribution < -0.4 is 17.1 Å². The van der Waals surface area contributed by atoms with Crippen molar-refractivity contribution in [2.24, 2.45) is 0 Å². The van der Waals surface area contributed by atoms with Crippen LogP contribution in [-0.2, 0) is 22.6 Å². The van der Waals surface area contributed by atoms with Crippen LogP contribution in [-0.4, -0.2) is 22.5 Å². The number of carbonyl (C=O) groups excluding carboxylic acids is 1. The number of fused-ring (bicyclic) bond motifs is 1. The number of aryl methyl sites for hydroxylation is 1. The number of esters is 1. The molecule has 2 aromatic rings. The molecule has 0 atom stereocenters. The van der Waals surface area contributed by atoms with Crippen molar-refractivity contribution in [1.82, 2.24) is 9.90 Å². The molecular formula is C26H44ClN3O2. The Kier molecular flexibility index (Phi) is 15.9. The predicted octanol–water partition coefficient (Wildman–Crippen LogP) is 3.37. The first-order chi connectivity index (χ1) is 15.3. The van der Waals surface area contributed by atoms with Crippen LogP contribution in [0, 0.1) is 0 Å². The number of aromatic nitrogens is 3. The van der Waals surface area contributed by atoms with Gasteiger partial charge >= 0.3 is 5.97 Å². The lowest BCUT2D eigenvalue weighted by molar-refractivity contribution is -0.722. The Hall–Kier alpha value is -1.62. The van der Waals surface area contributed by atoms with E-state index in [4.69, 9.17) is 4.74 Å². The number of benzene rings is 1. The number of halogens is 1. The SMILES string of the molecule is CCCCCCCCCCCCCCCCn1n[n+](CC(=O)OCC)c2ccccc21.[Cl-]. The molecule has 0 aliphatic rings. The van der Waals surface area contributed by atoms with Crippen LogP contribution in [0.15, 0.2) is 24.3 Å². The molecule has 0 aliphatic carbocycles. The van der Waals surface area contributed by atoms with Crippen molar-refractivity contribution in [3.8, 4) is 0 Å². The van der Waals surface area contributed by atoms with Crippen LogP contribution in [0.4, 0.5) is 0 Å². The Bertz CT molecular complexity index is 748. The van der Waals surface area contributed by atoms with Gasteiger partial charge in [-0.25, -0.2) is 4.79 Å². The molecule has 0 radical (unpaired) electrons. The summed E-state index contributed by atoms with van der Waals surface area (Å²) in [7, 11) is 0. The van der Waals surface area contributed by atoms with E-state index in [1.165, 1.54) is 83.5 Å². The highest BCUT2D eigenvalue weighted by Crippen LogP contribution is 2.14. The van der Waals surface area contributed by atoms with E-state index in [0.29, 0.717) is 6.61 Å². The van der Waals surface area contributed by atoms with Gasteiger partial charge in [-0.1, -0.05) is 96.1 Å². The van der Waals surface area contributed by atoms with E-state index in [0.717, 1.165) is 24.0 Å². The minimum Gasteiger partial charge on any atom is -1.00 e. The fraction of sp³-hybridized carbons (Fsp3) is 0.731. The predicted molar refractivity (Wildman–Crippen MR) is 127 cm³/mol. The summed E-state index contributed by atoms with van der Waals surface area (Å²) in [6, 6.07) is 8.11. The van der Waals surface area contributed by atoms with Crippen molar-refractivity contribution in [3.05, 3.63) is 24.3 Å². The molecule has 6 heteroatoms.